The van der Waals surface area contributed by atoms with E-state index in [1.54, 1.807) is 0 Å². The molecule has 2 nitrogen and oxygen atoms in total. The molecule has 0 N–H and O–H groups in total. The number of ketones is 1. The highest BCUT2D eigenvalue weighted by atomic mass is 28.4. The number of carbonyl (C=O) groups excluding carboxylic acids is 1. The SMILES string of the molecule is CCC(/C=C/C=C/[C@@H](C)[C@H]1CC[C@H]2C(=O)CCC[C@]12C)(CC)O[Si](C)(C)C. The summed E-state index contributed by atoms with van der Waals surface area (Å²) in [6, 6.07) is 0. The summed E-state index contributed by atoms with van der Waals surface area (Å²) in [4.78, 5) is 12.4. The van der Waals surface area contributed by atoms with Gasteiger partial charge in [-0.25, -0.2) is 0 Å². The van der Waals surface area contributed by atoms with Crippen LogP contribution in [0.4, 0.5) is 0 Å². The minimum atomic E-state index is -1.58. The molecule has 0 unspecified atom stereocenters. The van der Waals surface area contributed by atoms with E-state index in [2.05, 4.69) is 71.6 Å². The number of Topliss-reactive ketones (excluding diaryl/α,β-unsaturated/α-hetero) is 1. The van der Waals surface area contributed by atoms with Gasteiger partial charge in [0.2, 0.25) is 0 Å². The smallest absolute Gasteiger partial charge is 0.184 e. The molecule has 0 aliphatic heterocycles. The van der Waals surface area contributed by atoms with Gasteiger partial charge in [0.05, 0.1) is 5.60 Å². The lowest BCUT2D eigenvalue weighted by Crippen LogP contribution is -2.40. The van der Waals surface area contributed by atoms with Crippen molar-refractivity contribution in [1.29, 1.82) is 0 Å². The zero-order valence-corrected chi connectivity index (χ0v) is 19.8. The van der Waals surface area contributed by atoms with Crippen molar-refractivity contribution < 1.29 is 9.22 Å². The lowest BCUT2D eigenvalue weighted by atomic mass is 9.62. The van der Waals surface area contributed by atoms with E-state index in [0.717, 1.165) is 32.1 Å². The fourth-order valence-corrected chi connectivity index (χ4v) is 7.29. The highest BCUT2D eigenvalue weighted by Gasteiger charge is 2.51. The third kappa shape index (κ3) is 5.23. The summed E-state index contributed by atoms with van der Waals surface area (Å²) in [6.45, 7) is 16.0. The Morgan fingerprint density at radius 1 is 1.22 bits per heavy atom. The predicted molar refractivity (Wildman–Crippen MR) is 118 cm³/mol. The van der Waals surface area contributed by atoms with E-state index < -0.39 is 8.32 Å². The van der Waals surface area contributed by atoms with Gasteiger partial charge >= 0.3 is 0 Å². The van der Waals surface area contributed by atoms with Crippen LogP contribution < -0.4 is 0 Å². The van der Waals surface area contributed by atoms with Gasteiger partial charge in [-0.3, -0.25) is 4.79 Å². The molecular formula is C24H42O2Si. The van der Waals surface area contributed by atoms with E-state index in [9.17, 15) is 4.79 Å². The number of fused-ring (bicyclic) bond motifs is 1. The number of hydrogen-bond acceptors (Lipinski definition) is 2. The monoisotopic (exact) mass is 390 g/mol. The lowest BCUT2D eigenvalue weighted by molar-refractivity contribution is -0.129. The van der Waals surface area contributed by atoms with Gasteiger partial charge in [-0.2, -0.15) is 0 Å². The second-order valence-electron chi connectivity index (χ2n) is 10.2. The first-order chi connectivity index (χ1) is 12.6. The highest BCUT2D eigenvalue weighted by Crippen LogP contribution is 2.56. The minimum Gasteiger partial charge on any atom is -0.409 e. The summed E-state index contributed by atoms with van der Waals surface area (Å²) < 4.78 is 6.51. The summed E-state index contributed by atoms with van der Waals surface area (Å²) in [7, 11) is -1.58. The molecule has 0 radical (unpaired) electrons. The van der Waals surface area contributed by atoms with Gasteiger partial charge in [0.15, 0.2) is 8.32 Å². The summed E-state index contributed by atoms with van der Waals surface area (Å²) >= 11 is 0. The van der Waals surface area contributed by atoms with E-state index in [4.69, 9.17) is 4.43 Å². The van der Waals surface area contributed by atoms with Crippen LogP contribution in [0.3, 0.4) is 0 Å². The maximum Gasteiger partial charge on any atom is 0.184 e. The molecule has 0 amide bonds. The maximum atomic E-state index is 12.4. The summed E-state index contributed by atoms with van der Waals surface area (Å²) in [5, 5.41) is 0. The van der Waals surface area contributed by atoms with Crippen LogP contribution in [0.1, 0.15) is 72.6 Å². The minimum absolute atomic E-state index is 0.127. The Bertz CT molecular complexity index is 567. The third-order valence-corrected chi connectivity index (χ3v) is 8.22. The van der Waals surface area contributed by atoms with Gasteiger partial charge in [-0.15, -0.1) is 0 Å². The first-order valence-electron chi connectivity index (χ1n) is 11.2. The van der Waals surface area contributed by atoms with E-state index in [1.165, 1.54) is 12.8 Å². The fourth-order valence-electron chi connectivity index (χ4n) is 5.71. The Morgan fingerprint density at radius 2 is 1.89 bits per heavy atom. The van der Waals surface area contributed by atoms with Crippen LogP contribution in [-0.4, -0.2) is 19.7 Å². The number of rotatable bonds is 8. The molecule has 4 atom stereocenters. The zero-order chi connectivity index (χ0) is 20.3. The Morgan fingerprint density at radius 3 is 2.48 bits per heavy atom. The summed E-state index contributed by atoms with van der Waals surface area (Å²) in [6.07, 6.45) is 16.5. The molecule has 2 aliphatic rings. The molecular weight excluding hydrogens is 348 g/mol. The van der Waals surface area contributed by atoms with Crippen molar-refractivity contribution in [2.24, 2.45) is 23.2 Å². The van der Waals surface area contributed by atoms with Crippen molar-refractivity contribution in [1.82, 2.24) is 0 Å². The van der Waals surface area contributed by atoms with Gasteiger partial charge in [0.25, 0.3) is 0 Å². The molecule has 0 bridgehead atoms. The molecule has 0 spiro atoms. The highest BCUT2D eigenvalue weighted by molar-refractivity contribution is 6.69. The van der Waals surface area contributed by atoms with Gasteiger partial charge in [-0.05, 0) is 75.4 Å². The Kier molecular flexibility index (Phi) is 7.35. The molecule has 154 valence electrons. The molecule has 2 saturated carbocycles. The van der Waals surface area contributed by atoms with Crippen LogP contribution >= 0.6 is 0 Å². The molecule has 2 rings (SSSR count). The predicted octanol–water partition coefficient (Wildman–Crippen LogP) is 6.93. The first kappa shape index (κ1) is 22.6. The van der Waals surface area contributed by atoms with E-state index in [0.29, 0.717) is 23.5 Å². The van der Waals surface area contributed by atoms with Crippen molar-refractivity contribution in [3.05, 3.63) is 24.3 Å². The second-order valence-corrected chi connectivity index (χ2v) is 14.6. The van der Waals surface area contributed by atoms with Crippen LogP contribution in [-0.2, 0) is 9.22 Å². The number of allylic oxidation sites excluding steroid dienone is 3. The van der Waals surface area contributed by atoms with Crippen molar-refractivity contribution >= 4 is 14.1 Å². The Hall–Kier alpha value is -0.673. The van der Waals surface area contributed by atoms with Crippen LogP contribution in [0.2, 0.25) is 19.6 Å². The van der Waals surface area contributed by atoms with Crippen molar-refractivity contribution in [2.75, 3.05) is 0 Å². The van der Waals surface area contributed by atoms with Gasteiger partial charge in [0, 0.05) is 12.3 Å². The molecule has 2 aliphatic carbocycles. The average molecular weight is 391 g/mol. The molecule has 3 heteroatoms. The number of hydrogen-bond donors (Lipinski definition) is 0. The summed E-state index contributed by atoms with van der Waals surface area (Å²) in [5.41, 5.74) is 0.0959. The second kappa shape index (κ2) is 8.78. The van der Waals surface area contributed by atoms with E-state index in [-0.39, 0.29) is 11.0 Å². The Balaban J connectivity index is 2.04. The summed E-state index contributed by atoms with van der Waals surface area (Å²) in [5.74, 6) is 2.00. The first-order valence-corrected chi connectivity index (χ1v) is 14.6. The maximum absolute atomic E-state index is 12.4. The van der Waals surface area contributed by atoms with Crippen molar-refractivity contribution in [3.8, 4) is 0 Å². The average Bonchev–Trinajstić information content (AvgIpc) is 2.95. The van der Waals surface area contributed by atoms with E-state index >= 15 is 0 Å². The van der Waals surface area contributed by atoms with E-state index in [1.807, 2.05) is 0 Å². The molecule has 0 aromatic carbocycles. The molecule has 0 heterocycles. The van der Waals surface area contributed by atoms with Gasteiger partial charge in [0.1, 0.15) is 5.78 Å². The van der Waals surface area contributed by atoms with Crippen LogP contribution in [0.5, 0.6) is 0 Å². The number of carbonyl (C=O) groups is 1. The zero-order valence-electron chi connectivity index (χ0n) is 18.8. The standard InChI is InChI=1S/C24H42O2Si/c1-8-24(9-2,26-27(5,6)7)18-11-10-13-19(3)20-15-16-21-22(25)14-12-17-23(20,21)4/h10-11,13,18-21H,8-9,12,14-17H2,1-7H3/b13-10+,18-11+/t19-,20-,21+,23-/m1/s1. The third-order valence-electron chi connectivity index (χ3n) is 7.20. The lowest BCUT2D eigenvalue weighted by Gasteiger charge is -2.41. The molecule has 0 aromatic rings. The van der Waals surface area contributed by atoms with Crippen molar-refractivity contribution in [3.63, 3.8) is 0 Å². The largest absolute Gasteiger partial charge is 0.409 e. The van der Waals surface area contributed by atoms with Gasteiger partial charge in [-0.1, -0.05) is 52.0 Å². The van der Waals surface area contributed by atoms with Crippen LogP contribution in [0, 0.1) is 23.2 Å². The molecule has 2 fully saturated rings. The van der Waals surface area contributed by atoms with Crippen LogP contribution in [0.15, 0.2) is 24.3 Å². The normalized spacial score (nSPS) is 31.0. The van der Waals surface area contributed by atoms with Crippen molar-refractivity contribution in [2.45, 2.75) is 97.9 Å². The van der Waals surface area contributed by atoms with Crippen LogP contribution in [0.25, 0.3) is 0 Å². The van der Waals surface area contributed by atoms with Gasteiger partial charge < -0.3 is 4.43 Å². The quantitative estimate of drug-likeness (QED) is 0.332. The molecule has 27 heavy (non-hydrogen) atoms. The molecule has 0 saturated heterocycles. The Labute approximate surface area is 169 Å². The molecule has 0 aromatic heterocycles. The fraction of sp³-hybridized carbons (Fsp3) is 0.792. The topological polar surface area (TPSA) is 26.3 Å².